The van der Waals surface area contributed by atoms with Crippen LogP contribution in [-0.2, 0) is 11.0 Å². The quantitative estimate of drug-likeness (QED) is 0.760. The largest absolute Gasteiger partial charge is 0.494 e. The number of esters is 1. The van der Waals surface area contributed by atoms with Crippen molar-refractivity contribution in [2.75, 3.05) is 0 Å². The number of carbonyl (C=O) groups excluding carboxylic acids is 1. The third kappa shape index (κ3) is 3.33. The number of hydrogen-bond donors (Lipinski definition) is 3. The zero-order valence-corrected chi connectivity index (χ0v) is 11.3. The van der Waals surface area contributed by atoms with Gasteiger partial charge in [-0.1, -0.05) is 18.2 Å². The van der Waals surface area contributed by atoms with Crippen LogP contribution in [0.15, 0.2) is 30.3 Å². The number of alkyl halides is 3. The van der Waals surface area contributed by atoms with E-state index in [1.54, 1.807) is 0 Å². The molecule has 2 aromatic rings. The smallest absolute Gasteiger partial charge is 0.416 e. The summed E-state index contributed by atoms with van der Waals surface area (Å²) in [6, 6.07) is 5.31. The molecule has 0 aliphatic rings. The Morgan fingerprint density at radius 2 is 1.95 bits per heavy atom. The van der Waals surface area contributed by atoms with E-state index in [-0.39, 0.29) is 11.3 Å². The summed E-state index contributed by atoms with van der Waals surface area (Å²) in [6.07, 6.45) is -4.51. The first-order valence-corrected chi connectivity index (χ1v) is 6.18. The average Bonchev–Trinajstić information content (AvgIpc) is 2.75. The lowest BCUT2D eigenvalue weighted by molar-refractivity contribution is -0.138. The molecule has 0 saturated carbocycles. The minimum Gasteiger partial charge on any atom is -0.494 e. The zero-order chi connectivity index (χ0) is 16.5. The third-order valence-corrected chi connectivity index (χ3v) is 3.03. The molecule has 0 aliphatic carbocycles. The van der Waals surface area contributed by atoms with Gasteiger partial charge in [0.25, 0.3) is 0 Å². The highest BCUT2D eigenvalue weighted by molar-refractivity contribution is 5.80. The van der Waals surface area contributed by atoms with Crippen LogP contribution < -0.4 is 4.74 Å². The third-order valence-electron chi connectivity index (χ3n) is 3.03. The van der Waals surface area contributed by atoms with Crippen LogP contribution in [-0.4, -0.2) is 21.2 Å². The molecule has 0 radical (unpaired) electrons. The molecule has 0 amide bonds. The summed E-state index contributed by atoms with van der Waals surface area (Å²) in [5.41, 5.74) is -0.745. The van der Waals surface area contributed by atoms with Gasteiger partial charge < -0.3 is 14.9 Å². The van der Waals surface area contributed by atoms with E-state index in [2.05, 4.69) is 4.98 Å². The Labute approximate surface area is 123 Å². The molecular formula is C14H12F3NO4. The van der Waals surface area contributed by atoms with Crippen molar-refractivity contribution in [1.29, 1.82) is 0 Å². The van der Waals surface area contributed by atoms with Crippen LogP contribution in [0.2, 0.25) is 0 Å². The standard InChI is InChI=1S/C14H12F3NO4/c1-7(8-3-2-4-9(5-8)14(15,16)17)13(21)22-10-6-11(19)18-12(10)20/h2-7,18-20H,1H3. The van der Waals surface area contributed by atoms with E-state index in [0.717, 1.165) is 18.2 Å². The van der Waals surface area contributed by atoms with Gasteiger partial charge in [0.15, 0.2) is 11.6 Å². The molecule has 3 N–H and O–H groups in total. The second-order valence-electron chi connectivity index (χ2n) is 4.63. The first-order valence-electron chi connectivity index (χ1n) is 6.18. The second kappa shape index (κ2) is 5.63. The predicted octanol–water partition coefficient (Wildman–Crippen LogP) is 3.15. The summed E-state index contributed by atoms with van der Waals surface area (Å²) >= 11 is 0. The number of aromatic nitrogens is 1. The molecule has 1 atom stereocenters. The molecule has 0 aliphatic heterocycles. The van der Waals surface area contributed by atoms with Crippen molar-refractivity contribution in [3.8, 4) is 17.5 Å². The van der Waals surface area contributed by atoms with Crippen LogP contribution in [0.25, 0.3) is 0 Å². The first kappa shape index (κ1) is 15.7. The molecule has 0 spiro atoms. The number of ether oxygens (including phenoxy) is 1. The van der Waals surface area contributed by atoms with Crippen molar-refractivity contribution >= 4 is 5.97 Å². The van der Waals surface area contributed by atoms with Crippen LogP contribution in [0.1, 0.15) is 24.0 Å². The van der Waals surface area contributed by atoms with Crippen LogP contribution >= 0.6 is 0 Å². The number of nitrogens with one attached hydrogen (secondary N) is 1. The first-order chi connectivity index (χ1) is 10.2. The topological polar surface area (TPSA) is 82.5 Å². The maximum Gasteiger partial charge on any atom is 0.416 e. The second-order valence-corrected chi connectivity index (χ2v) is 4.63. The highest BCUT2D eigenvalue weighted by Crippen LogP contribution is 2.33. The summed E-state index contributed by atoms with van der Waals surface area (Å²) in [4.78, 5) is 14.0. The molecule has 1 heterocycles. The highest BCUT2D eigenvalue weighted by Gasteiger charge is 2.31. The van der Waals surface area contributed by atoms with E-state index in [4.69, 9.17) is 9.84 Å². The zero-order valence-electron chi connectivity index (χ0n) is 11.3. The molecule has 0 bridgehead atoms. The van der Waals surface area contributed by atoms with Gasteiger partial charge in [-0.3, -0.25) is 9.78 Å². The van der Waals surface area contributed by atoms with Gasteiger partial charge in [-0.15, -0.1) is 0 Å². The summed E-state index contributed by atoms with van der Waals surface area (Å²) in [6.45, 7) is 1.38. The van der Waals surface area contributed by atoms with Gasteiger partial charge in [0.05, 0.1) is 11.5 Å². The maximum absolute atomic E-state index is 12.7. The van der Waals surface area contributed by atoms with Gasteiger partial charge in [0, 0.05) is 6.07 Å². The summed E-state index contributed by atoms with van der Waals surface area (Å²) in [7, 11) is 0. The fourth-order valence-corrected chi connectivity index (χ4v) is 1.81. The van der Waals surface area contributed by atoms with Crippen LogP contribution in [0.5, 0.6) is 17.5 Å². The lowest BCUT2D eigenvalue weighted by Gasteiger charge is -2.13. The monoisotopic (exact) mass is 315 g/mol. The van der Waals surface area contributed by atoms with Crippen molar-refractivity contribution in [3.05, 3.63) is 41.5 Å². The lowest BCUT2D eigenvalue weighted by Crippen LogP contribution is -2.17. The van der Waals surface area contributed by atoms with Crippen molar-refractivity contribution in [2.45, 2.75) is 19.0 Å². The van der Waals surface area contributed by atoms with E-state index in [0.29, 0.717) is 0 Å². The van der Waals surface area contributed by atoms with E-state index in [9.17, 15) is 23.1 Å². The van der Waals surface area contributed by atoms with Crippen LogP contribution in [0.3, 0.4) is 0 Å². The fraction of sp³-hybridized carbons (Fsp3) is 0.214. The number of carbonyl (C=O) groups is 1. The number of hydrogen-bond acceptors (Lipinski definition) is 4. The number of H-pyrrole nitrogens is 1. The van der Waals surface area contributed by atoms with Gasteiger partial charge in [0.1, 0.15) is 0 Å². The average molecular weight is 315 g/mol. The molecule has 1 unspecified atom stereocenters. The van der Waals surface area contributed by atoms with Gasteiger partial charge in [-0.05, 0) is 18.6 Å². The Morgan fingerprint density at radius 1 is 1.27 bits per heavy atom. The van der Waals surface area contributed by atoms with E-state index in [1.165, 1.54) is 19.1 Å². The van der Waals surface area contributed by atoms with Gasteiger partial charge in [0.2, 0.25) is 5.88 Å². The SMILES string of the molecule is CC(C(=O)Oc1cc(O)[nH]c1O)c1cccc(C(F)(F)F)c1. The molecule has 0 saturated heterocycles. The van der Waals surface area contributed by atoms with E-state index in [1.807, 2.05) is 0 Å². The normalized spacial score (nSPS) is 12.9. The van der Waals surface area contributed by atoms with Crippen LogP contribution in [0, 0.1) is 0 Å². The molecule has 5 nitrogen and oxygen atoms in total. The van der Waals surface area contributed by atoms with E-state index >= 15 is 0 Å². The molecule has 2 rings (SSSR count). The van der Waals surface area contributed by atoms with Crippen molar-refractivity contribution < 1.29 is 32.9 Å². The maximum atomic E-state index is 12.7. The van der Waals surface area contributed by atoms with E-state index < -0.39 is 35.4 Å². The molecule has 22 heavy (non-hydrogen) atoms. The van der Waals surface area contributed by atoms with Gasteiger partial charge >= 0.3 is 12.1 Å². The lowest BCUT2D eigenvalue weighted by atomic mass is 9.99. The molecule has 0 fully saturated rings. The Balaban J connectivity index is 2.19. The summed E-state index contributed by atoms with van der Waals surface area (Å²) in [5.74, 6) is -3.12. The van der Waals surface area contributed by atoms with Gasteiger partial charge in [-0.25, -0.2) is 0 Å². The number of benzene rings is 1. The number of aromatic hydroxyl groups is 2. The molecule has 1 aromatic heterocycles. The fourth-order valence-electron chi connectivity index (χ4n) is 1.81. The molecule has 118 valence electrons. The van der Waals surface area contributed by atoms with Crippen molar-refractivity contribution in [3.63, 3.8) is 0 Å². The Kier molecular flexibility index (Phi) is 4.03. The number of halogens is 3. The predicted molar refractivity (Wildman–Crippen MR) is 69.6 cm³/mol. The van der Waals surface area contributed by atoms with Gasteiger partial charge in [-0.2, -0.15) is 13.2 Å². The van der Waals surface area contributed by atoms with Crippen molar-refractivity contribution in [1.82, 2.24) is 4.98 Å². The Hall–Kier alpha value is -2.64. The minimum atomic E-state index is -4.51. The van der Waals surface area contributed by atoms with Crippen LogP contribution in [0.4, 0.5) is 13.2 Å². The molecular weight excluding hydrogens is 303 g/mol. The highest BCUT2D eigenvalue weighted by atomic mass is 19.4. The van der Waals surface area contributed by atoms with Crippen molar-refractivity contribution in [2.24, 2.45) is 0 Å². The molecule has 8 heteroatoms. The minimum absolute atomic E-state index is 0.124. The summed E-state index contributed by atoms with van der Waals surface area (Å²) < 4.78 is 42.8. The number of rotatable bonds is 3. The Bertz CT molecular complexity index is 694. The molecule has 1 aromatic carbocycles. The summed E-state index contributed by atoms with van der Waals surface area (Å²) in [5, 5.41) is 18.4. The number of aromatic amines is 1. The Morgan fingerprint density at radius 3 is 2.50 bits per heavy atom.